The third kappa shape index (κ3) is 5.66. The number of aryl methyl sites for hydroxylation is 1. The summed E-state index contributed by atoms with van der Waals surface area (Å²) in [6, 6.07) is 19.2. The lowest BCUT2D eigenvalue weighted by atomic mass is 10.1. The zero-order valence-electron chi connectivity index (χ0n) is 19.9. The monoisotopic (exact) mass is 548 g/mol. The molecule has 1 heterocycles. The van der Waals surface area contributed by atoms with Crippen molar-refractivity contribution in [1.82, 2.24) is 5.32 Å². The molecule has 8 heteroatoms. The zero-order valence-corrected chi connectivity index (χ0v) is 21.5. The summed E-state index contributed by atoms with van der Waals surface area (Å²) in [6.45, 7) is 4.63. The van der Waals surface area contributed by atoms with Crippen molar-refractivity contribution in [2.75, 3.05) is 11.5 Å². The van der Waals surface area contributed by atoms with Gasteiger partial charge in [-0.25, -0.2) is 9.69 Å². The number of hydrogen-bond acceptors (Lipinski definition) is 5. The first kappa shape index (κ1) is 25.2. The highest BCUT2D eigenvalue weighted by atomic mass is 79.9. The smallest absolute Gasteiger partial charge is 0.335 e. The second kappa shape index (κ2) is 11.2. The Bertz CT molecular complexity index is 1320. The number of nitrogens with one attached hydrogen (secondary N) is 1. The highest BCUT2D eigenvalue weighted by molar-refractivity contribution is 9.10. The largest absolute Gasteiger partial charge is 0.490 e. The van der Waals surface area contributed by atoms with E-state index in [2.05, 4.69) is 21.2 Å². The molecule has 0 atom stereocenters. The van der Waals surface area contributed by atoms with Gasteiger partial charge < -0.3 is 9.47 Å². The first-order chi connectivity index (χ1) is 17.4. The number of ether oxygens (including phenoxy) is 2. The lowest BCUT2D eigenvalue weighted by Crippen LogP contribution is -2.54. The quantitative estimate of drug-likeness (QED) is 0.290. The van der Waals surface area contributed by atoms with Crippen molar-refractivity contribution in [1.29, 1.82) is 0 Å². The maximum Gasteiger partial charge on any atom is 0.335 e. The molecule has 36 heavy (non-hydrogen) atoms. The summed E-state index contributed by atoms with van der Waals surface area (Å²) in [4.78, 5) is 39.2. The number of barbiturate groups is 1. The number of anilines is 1. The third-order valence-electron chi connectivity index (χ3n) is 5.59. The molecule has 0 spiro atoms. The Morgan fingerprint density at radius 3 is 2.22 bits per heavy atom. The molecule has 3 aromatic carbocycles. The molecule has 1 saturated heterocycles. The summed E-state index contributed by atoms with van der Waals surface area (Å²) in [7, 11) is 0. The second-order valence-corrected chi connectivity index (χ2v) is 8.95. The SMILES string of the molecule is CCOc1cc(/C=C2/C(=O)NC(=O)N(c3ccc(CC)cc3)C2=O)ccc1OCc1ccc(Br)cc1. The van der Waals surface area contributed by atoms with Crippen LogP contribution in [0.3, 0.4) is 0 Å². The van der Waals surface area contributed by atoms with Crippen LogP contribution < -0.4 is 19.7 Å². The minimum Gasteiger partial charge on any atom is -0.490 e. The number of nitrogens with zero attached hydrogens (tertiary/aromatic N) is 1. The van der Waals surface area contributed by atoms with E-state index >= 15 is 0 Å². The normalized spacial score (nSPS) is 14.7. The fraction of sp³-hybridized carbons (Fsp3) is 0.179. The molecule has 7 nitrogen and oxygen atoms in total. The highest BCUT2D eigenvalue weighted by Crippen LogP contribution is 2.31. The Morgan fingerprint density at radius 2 is 1.56 bits per heavy atom. The topological polar surface area (TPSA) is 84.9 Å². The number of benzene rings is 3. The van der Waals surface area contributed by atoms with Gasteiger partial charge in [-0.05, 0) is 72.5 Å². The van der Waals surface area contributed by atoms with Crippen molar-refractivity contribution >= 4 is 45.5 Å². The van der Waals surface area contributed by atoms with E-state index in [0.717, 1.165) is 26.9 Å². The molecule has 3 aromatic rings. The van der Waals surface area contributed by atoms with Gasteiger partial charge in [-0.3, -0.25) is 14.9 Å². The molecular formula is C28H25BrN2O5. The van der Waals surface area contributed by atoms with Crippen molar-refractivity contribution in [3.63, 3.8) is 0 Å². The van der Waals surface area contributed by atoms with Gasteiger partial charge in [-0.2, -0.15) is 0 Å². The standard InChI is InChI=1S/C28H25BrN2O5/c1-3-18-7-12-22(13-8-18)31-27(33)23(26(32)30-28(31)34)15-20-9-14-24(25(16-20)35-4-2)36-17-19-5-10-21(29)11-6-19/h5-16H,3-4,17H2,1-2H3,(H,30,32,34)/b23-15-. The van der Waals surface area contributed by atoms with Gasteiger partial charge in [0.1, 0.15) is 12.2 Å². The van der Waals surface area contributed by atoms with Gasteiger partial charge in [0.2, 0.25) is 0 Å². The van der Waals surface area contributed by atoms with Crippen LogP contribution in [0.2, 0.25) is 0 Å². The second-order valence-electron chi connectivity index (χ2n) is 8.03. The van der Waals surface area contributed by atoms with Crippen molar-refractivity contribution in [2.45, 2.75) is 26.9 Å². The third-order valence-corrected chi connectivity index (χ3v) is 6.12. The molecule has 1 N–H and O–H groups in total. The summed E-state index contributed by atoms with van der Waals surface area (Å²) < 4.78 is 12.7. The first-order valence-corrected chi connectivity index (χ1v) is 12.3. The van der Waals surface area contributed by atoms with E-state index in [-0.39, 0.29) is 5.57 Å². The number of carbonyl (C=O) groups is 3. The minimum atomic E-state index is -0.780. The van der Waals surface area contributed by atoms with E-state index in [1.54, 1.807) is 30.3 Å². The van der Waals surface area contributed by atoms with Gasteiger partial charge in [0.25, 0.3) is 11.8 Å². The Hall–Kier alpha value is -3.91. The molecule has 0 radical (unpaired) electrons. The summed E-state index contributed by atoms with van der Waals surface area (Å²) in [5.41, 5.74) is 2.86. The van der Waals surface area contributed by atoms with Crippen LogP contribution in [0.25, 0.3) is 6.08 Å². The highest BCUT2D eigenvalue weighted by Gasteiger charge is 2.36. The number of urea groups is 1. The summed E-state index contributed by atoms with van der Waals surface area (Å²) in [5, 5.41) is 2.25. The first-order valence-electron chi connectivity index (χ1n) is 11.5. The van der Waals surface area contributed by atoms with E-state index in [1.807, 2.05) is 50.2 Å². The summed E-state index contributed by atoms with van der Waals surface area (Å²) >= 11 is 3.42. The summed E-state index contributed by atoms with van der Waals surface area (Å²) in [5.74, 6) is -0.425. The number of rotatable bonds is 8. The maximum atomic E-state index is 13.2. The summed E-state index contributed by atoms with van der Waals surface area (Å²) in [6.07, 6.45) is 2.27. The van der Waals surface area contributed by atoms with Crippen LogP contribution in [-0.4, -0.2) is 24.5 Å². The molecular weight excluding hydrogens is 524 g/mol. The van der Waals surface area contributed by atoms with Crippen LogP contribution in [0.1, 0.15) is 30.5 Å². The van der Waals surface area contributed by atoms with E-state index in [1.165, 1.54) is 6.08 Å². The van der Waals surface area contributed by atoms with Crippen molar-refractivity contribution < 1.29 is 23.9 Å². The van der Waals surface area contributed by atoms with Gasteiger partial charge in [0.15, 0.2) is 11.5 Å². The molecule has 4 amide bonds. The van der Waals surface area contributed by atoms with Gasteiger partial charge in [-0.1, -0.05) is 53.2 Å². The van der Waals surface area contributed by atoms with E-state index in [4.69, 9.17) is 9.47 Å². The van der Waals surface area contributed by atoms with Crippen LogP contribution in [-0.2, 0) is 22.6 Å². The predicted octanol–water partition coefficient (Wildman–Crippen LogP) is 5.66. The molecule has 1 aliphatic rings. The number of hydrogen-bond donors (Lipinski definition) is 1. The number of amides is 4. The van der Waals surface area contributed by atoms with E-state index in [0.29, 0.717) is 36.0 Å². The van der Waals surface area contributed by atoms with Crippen LogP contribution in [0.5, 0.6) is 11.5 Å². The zero-order chi connectivity index (χ0) is 25.7. The Balaban J connectivity index is 1.59. The lowest BCUT2D eigenvalue weighted by molar-refractivity contribution is -0.122. The van der Waals surface area contributed by atoms with Crippen LogP contribution in [0.4, 0.5) is 10.5 Å². The van der Waals surface area contributed by atoms with Crippen molar-refractivity contribution in [3.05, 3.63) is 93.5 Å². The van der Waals surface area contributed by atoms with Gasteiger partial charge in [-0.15, -0.1) is 0 Å². The van der Waals surface area contributed by atoms with Gasteiger partial charge >= 0.3 is 6.03 Å². The Morgan fingerprint density at radius 1 is 0.861 bits per heavy atom. The number of halogens is 1. The van der Waals surface area contributed by atoms with Crippen molar-refractivity contribution in [2.24, 2.45) is 0 Å². The molecule has 1 fully saturated rings. The molecule has 184 valence electrons. The van der Waals surface area contributed by atoms with Crippen molar-refractivity contribution in [3.8, 4) is 11.5 Å². The minimum absolute atomic E-state index is 0.153. The maximum absolute atomic E-state index is 13.2. The van der Waals surface area contributed by atoms with Crippen LogP contribution in [0.15, 0.2) is 76.8 Å². The van der Waals surface area contributed by atoms with Crippen LogP contribution >= 0.6 is 15.9 Å². The average Bonchev–Trinajstić information content (AvgIpc) is 2.87. The number of imide groups is 2. The molecule has 0 aliphatic carbocycles. The Labute approximate surface area is 217 Å². The lowest BCUT2D eigenvalue weighted by Gasteiger charge is -2.26. The molecule has 4 rings (SSSR count). The molecule has 0 aromatic heterocycles. The van der Waals surface area contributed by atoms with E-state index in [9.17, 15) is 14.4 Å². The fourth-order valence-electron chi connectivity index (χ4n) is 3.68. The Kier molecular flexibility index (Phi) is 7.85. The van der Waals surface area contributed by atoms with Gasteiger partial charge in [0.05, 0.1) is 12.3 Å². The van der Waals surface area contributed by atoms with E-state index < -0.39 is 17.8 Å². The molecule has 0 bridgehead atoms. The van der Waals surface area contributed by atoms with Gasteiger partial charge in [0, 0.05) is 4.47 Å². The van der Waals surface area contributed by atoms with Crippen LogP contribution in [0, 0.1) is 0 Å². The predicted molar refractivity (Wildman–Crippen MR) is 141 cm³/mol. The molecule has 0 saturated carbocycles. The number of carbonyl (C=O) groups excluding carboxylic acids is 3. The molecule has 1 aliphatic heterocycles. The fourth-order valence-corrected chi connectivity index (χ4v) is 3.95. The average molecular weight is 549 g/mol. The molecule has 0 unspecified atom stereocenters.